The van der Waals surface area contributed by atoms with Gasteiger partial charge < -0.3 is 14.0 Å². The predicted molar refractivity (Wildman–Crippen MR) is 117 cm³/mol. The standard InChI is InChI=1S/C23H20Cl2N2O2/c24-17-10-12-18(13-11-17)28-15-5-14-27-21-8-3-2-7-20(21)26-23(27)16-29-22-9-4-1-6-19(22)25/h1-4,6-13H,5,14-16H2. The second-order valence-corrected chi connectivity index (χ2v) is 7.39. The van der Waals surface area contributed by atoms with Crippen LogP contribution in [0.25, 0.3) is 11.0 Å². The lowest BCUT2D eigenvalue weighted by Gasteiger charge is -2.12. The summed E-state index contributed by atoms with van der Waals surface area (Å²) in [6.45, 7) is 1.71. The number of ether oxygens (including phenoxy) is 2. The number of rotatable bonds is 8. The molecule has 0 unspecified atom stereocenters. The van der Waals surface area contributed by atoms with E-state index in [2.05, 4.69) is 10.6 Å². The lowest BCUT2D eigenvalue weighted by molar-refractivity contribution is 0.280. The third-order valence-corrected chi connectivity index (χ3v) is 5.10. The summed E-state index contributed by atoms with van der Waals surface area (Å²) in [5, 5.41) is 1.29. The Hall–Kier alpha value is -2.69. The summed E-state index contributed by atoms with van der Waals surface area (Å²) in [5.41, 5.74) is 2.03. The molecule has 0 saturated carbocycles. The molecule has 0 spiro atoms. The topological polar surface area (TPSA) is 36.3 Å². The second kappa shape index (κ2) is 9.21. The van der Waals surface area contributed by atoms with E-state index in [9.17, 15) is 0 Å². The summed E-state index contributed by atoms with van der Waals surface area (Å²) >= 11 is 12.1. The summed E-state index contributed by atoms with van der Waals surface area (Å²) in [6, 6.07) is 22.9. The van der Waals surface area contributed by atoms with Crippen molar-refractivity contribution in [2.45, 2.75) is 19.6 Å². The number of aryl methyl sites for hydroxylation is 1. The van der Waals surface area contributed by atoms with Gasteiger partial charge in [-0.3, -0.25) is 0 Å². The molecule has 4 aromatic rings. The van der Waals surface area contributed by atoms with Gasteiger partial charge in [0.25, 0.3) is 0 Å². The van der Waals surface area contributed by atoms with E-state index < -0.39 is 0 Å². The maximum atomic E-state index is 6.20. The molecule has 0 atom stereocenters. The molecule has 6 heteroatoms. The Morgan fingerprint density at radius 2 is 1.59 bits per heavy atom. The molecule has 0 aliphatic carbocycles. The highest BCUT2D eigenvalue weighted by atomic mass is 35.5. The first-order valence-corrected chi connectivity index (χ1v) is 10.2. The predicted octanol–water partition coefficient (Wildman–Crippen LogP) is 6.39. The molecular formula is C23H20Cl2N2O2. The van der Waals surface area contributed by atoms with Gasteiger partial charge in [-0.15, -0.1) is 0 Å². The number of fused-ring (bicyclic) bond motifs is 1. The fourth-order valence-corrected chi connectivity index (χ4v) is 3.45. The molecule has 0 aliphatic rings. The van der Waals surface area contributed by atoms with Crippen molar-refractivity contribution in [3.05, 3.63) is 88.7 Å². The van der Waals surface area contributed by atoms with Crippen LogP contribution in [0.15, 0.2) is 72.8 Å². The number of aromatic nitrogens is 2. The third kappa shape index (κ3) is 4.84. The number of benzene rings is 3. The van der Waals surface area contributed by atoms with Crippen LogP contribution in [0, 0.1) is 0 Å². The zero-order valence-electron chi connectivity index (χ0n) is 15.7. The van der Waals surface area contributed by atoms with Crippen molar-refractivity contribution in [2.24, 2.45) is 0 Å². The number of halogens is 2. The average molecular weight is 427 g/mol. The first kappa shape index (κ1) is 19.6. The summed E-state index contributed by atoms with van der Waals surface area (Å²) < 4.78 is 13.9. The van der Waals surface area contributed by atoms with Crippen molar-refractivity contribution >= 4 is 34.2 Å². The van der Waals surface area contributed by atoms with Gasteiger partial charge in [-0.2, -0.15) is 0 Å². The molecular weight excluding hydrogens is 407 g/mol. The molecule has 4 rings (SSSR count). The molecule has 4 nitrogen and oxygen atoms in total. The third-order valence-electron chi connectivity index (χ3n) is 4.54. The number of para-hydroxylation sites is 3. The molecule has 1 heterocycles. The number of hydrogen-bond donors (Lipinski definition) is 0. The van der Waals surface area contributed by atoms with Crippen molar-refractivity contribution in [2.75, 3.05) is 6.61 Å². The van der Waals surface area contributed by atoms with Crippen LogP contribution in [0.5, 0.6) is 11.5 Å². The first-order valence-electron chi connectivity index (χ1n) is 9.40. The van der Waals surface area contributed by atoms with Crippen LogP contribution in [0.4, 0.5) is 0 Å². The molecule has 29 heavy (non-hydrogen) atoms. The maximum Gasteiger partial charge on any atom is 0.148 e. The van der Waals surface area contributed by atoms with Gasteiger partial charge in [-0.05, 0) is 55.0 Å². The zero-order valence-corrected chi connectivity index (χ0v) is 17.2. The number of hydrogen-bond acceptors (Lipinski definition) is 3. The quantitative estimate of drug-likeness (QED) is 0.306. The van der Waals surface area contributed by atoms with E-state index >= 15 is 0 Å². The van der Waals surface area contributed by atoms with Crippen molar-refractivity contribution in [3.8, 4) is 11.5 Å². The van der Waals surface area contributed by atoms with Crippen LogP contribution in [-0.4, -0.2) is 16.2 Å². The Morgan fingerprint density at radius 1 is 0.828 bits per heavy atom. The van der Waals surface area contributed by atoms with Crippen LogP contribution in [0.3, 0.4) is 0 Å². The van der Waals surface area contributed by atoms with Gasteiger partial charge in [0.2, 0.25) is 0 Å². The highest BCUT2D eigenvalue weighted by Crippen LogP contribution is 2.25. The molecule has 0 radical (unpaired) electrons. The van der Waals surface area contributed by atoms with Crippen LogP contribution in [-0.2, 0) is 13.2 Å². The molecule has 3 aromatic carbocycles. The van der Waals surface area contributed by atoms with E-state index in [-0.39, 0.29) is 0 Å². The van der Waals surface area contributed by atoms with Crippen molar-refractivity contribution < 1.29 is 9.47 Å². The van der Waals surface area contributed by atoms with Gasteiger partial charge in [-0.1, -0.05) is 47.5 Å². The summed E-state index contributed by atoms with van der Waals surface area (Å²) in [7, 11) is 0. The Bertz CT molecular complexity index is 1090. The van der Waals surface area contributed by atoms with Crippen LogP contribution >= 0.6 is 23.2 Å². The Labute approximate surface area is 179 Å². The second-order valence-electron chi connectivity index (χ2n) is 6.54. The van der Waals surface area contributed by atoms with E-state index in [1.807, 2.05) is 66.7 Å². The van der Waals surface area contributed by atoms with Gasteiger partial charge in [0, 0.05) is 11.6 Å². The molecule has 0 bridgehead atoms. The molecule has 0 aliphatic heterocycles. The fourth-order valence-electron chi connectivity index (χ4n) is 3.13. The van der Waals surface area contributed by atoms with Crippen molar-refractivity contribution in [1.29, 1.82) is 0 Å². The highest BCUT2D eigenvalue weighted by molar-refractivity contribution is 6.32. The minimum Gasteiger partial charge on any atom is -0.494 e. The molecule has 0 amide bonds. The van der Waals surface area contributed by atoms with E-state index in [0.717, 1.165) is 35.6 Å². The molecule has 0 saturated heterocycles. The van der Waals surface area contributed by atoms with Crippen LogP contribution < -0.4 is 9.47 Å². The zero-order chi connectivity index (χ0) is 20.1. The monoisotopic (exact) mass is 426 g/mol. The van der Waals surface area contributed by atoms with E-state index in [4.69, 9.17) is 37.7 Å². The van der Waals surface area contributed by atoms with Gasteiger partial charge in [0.15, 0.2) is 0 Å². The van der Waals surface area contributed by atoms with Gasteiger partial charge in [0.1, 0.15) is 23.9 Å². The highest BCUT2D eigenvalue weighted by Gasteiger charge is 2.12. The minimum absolute atomic E-state index is 0.344. The van der Waals surface area contributed by atoms with Crippen molar-refractivity contribution in [1.82, 2.24) is 9.55 Å². The molecule has 148 valence electrons. The lowest BCUT2D eigenvalue weighted by Crippen LogP contribution is -2.10. The van der Waals surface area contributed by atoms with Crippen LogP contribution in [0.1, 0.15) is 12.2 Å². The average Bonchev–Trinajstić information content (AvgIpc) is 3.09. The molecule has 0 N–H and O–H groups in total. The van der Waals surface area contributed by atoms with Crippen LogP contribution in [0.2, 0.25) is 10.0 Å². The molecule has 1 aromatic heterocycles. The largest absolute Gasteiger partial charge is 0.494 e. The minimum atomic E-state index is 0.344. The Balaban J connectivity index is 1.44. The number of nitrogens with zero attached hydrogens (tertiary/aromatic N) is 2. The Morgan fingerprint density at radius 3 is 2.41 bits per heavy atom. The summed E-state index contributed by atoms with van der Waals surface area (Å²) in [6.07, 6.45) is 0.835. The normalized spacial score (nSPS) is 11.0. The summed E-state index contributed by atoms with van der Waals surface area (Å²) in [4.78, 5) is 4.74. The summed E-state index contributed by atoms with van der Waals surface area (Å²) in [5.74, 6) is 2.32. The smallest absolute Gasteiger partial charge is 0.148 e. The van der Waals surface area contributed by atoms with Gasteiger partial charge >= 0.3 is 0 Å². The van der Waals surface area contributed by atoms with E-state index in [0.29, 0.717) is 29.0 Å². The lowest BCUT2D eigenvalue weighted by atomic mass is 10.3. The van der Waals surface area contributed by atoms with E-state index in [1.54, 1.807) is 0 Å². The SMILES string of the molecule is Clc1ccc(OCCCn2c(COc3ccccc3Cl)nc3ccccc32)cc1. The molecule has 0 fully saturated rings. The maximum absolute atomic E-state index is 6.20. The fraction of sp³-hybridized carbons (Fsp3) is 0.174. The Kier molecular flexibility index (Phi) is 6.23. The van der Waals surface area contributed by atoms with Gasteiger partial charge in [-0.25, -0.2) is 4.98 Å². The first-order chi connectivity index (χ1) is 14.2. The van der Waals surface area contributed by atoms with E-state index in [1.165, 1.54) is 0 Å². The van der Waals surface area contributed by atoms with Gasteiger partial charge in [0.05, 0.1) is 22.7 Å². The number of imidazole rings is 1. The van der Waals surface area contributed by atoms with Crippen molar-refractivity contribution in [3.63, 3.8) is 0 Å².